The summed E-state index contributed by atoms with van der Waals surface area (Å²) in [4.78, 5) is 19.6. The van der Waals surface area contributed by atoms with Gasteiger partial charge in [-0.1, -0.05) is 35.7 Å². The van der Waals surface area contributed by atoms with Crippen LogP contribution in [-0.2, 0) is 4.79 Å². The number of likely N-dealkylation sites (N-methyl/N-ethyl adjacent to an activating group) is 1. The quantitative estimate of drug-likeness (QED) is 0.529. The summed E-state index contributed by atoms with van der Waals surface area (Å²) in [5, 5.41) is 1.25. The van der Waals surface area contributed by atoms with Gasteiger partial charge in [-0.2, -0.15) is 0 Å². The zero-order valence-corrected chi connectivity index (χ0v) is 16.3. The van der Waals surface area contributed by atoms with Crippen LogP contribution in [0.2, 0.25) is 5.02 Å². The van der Waals surface area contributed by atoms with E-state index in [1.807, 2.05) is 49.4 Å². The Morgan fingerprint density at radius 1 is 1.30 bits per heavy atom. The fraction of sp³-hybridized carbons (Fsp3) is 0.143. The lowest BCUT2D eigenvalue weighted by atomic mass is 10.2. The average molecular weight is 397 g/mol. The van der Waals surface area contributed by atoms with E-state index in [0.717, 1.165) is 5.56 Å². The number of benzene rings is 2. The van der Waals surface area contributed by atoms with Crippen molar-refractivity contribution >= 4 is 46.2 Å². The van der Waals surface area contributed by atoms with Crippen molar-refractivity contribution in [1.29, 1.82) is 0 Å². The van der Waals surface area contributed by atoms with Crippen LogP contribution in [0.15, 0.2) is 58.4 Å². The highest BCUT2D eigenvalue weighted by Crippen LogP contribution is 2.34. The standard InChI is InChI=1S/C21H17ClN2O2S/c1-3-12-26-18-10-8-15(9-11-18)13-19-20(25)24(4-2)21(27-19)23-17-7-5-6-16(22)14-17/h1,5-11,13-14H,4,12H2,2H3/b19-13-,23-21?. The normalized spacial score (nSPS) is 16.8. The third kappa shape index (κ3) is 4.73. The van der Waals surface area contributed by atoms with Crippen molar-refractivity contribution in [2.45, 2.75) is 6.92 Å². The largest absolute Gasteiger partial charge is 0.481 e. The number of hydrogen-bond donors (Lipinski definition) is 0. The minimum absolute atomic E-state index is 0.0593. The maximum absolute atomic E-state index is 12.7. The van der Waals surface area contributed by atoms with Gasteiger partial charge in [0.05, 0.1) is 10.6 Å². The second kappa shape index (κ2) is 8.81. The van der Waals surface area contributed by atoms with Gasteiger partial charge in [0.15, 0.2) is 5.17 Å². The lowest BCUT2D eigenvalue weighted by Crippen LogP contribution is -2.28. The van der Waals surface area contributed by atoms with Gasteiger partial charge in [-0.25, -0.2) is 4.99 Å². The third-order valence-corrected chi connectivity index (χ3v) is 4.98. The Morgan fingerprint density at radius 2 is 2.07 bits per heavy atom. The predicted octanol–water partition coefficient (Wildman–Crippen LogP) is 4.98. The van der Waals surface area contributed by atoms with Crippen molar-refractivity contribution < 1.29 is 9.53 Å². The van der Waals surface area contributed by atoms with Gasteiger partial charge < -0.3 is 4.74 Å². The van der Waals surface area contributed by atoms with Crippen LogP contribution in [0.1, 0.15) is 12.5 Å². The van der Waals surface area contributed by atoms with Crippen LogP contribution in [0.5, 0.6) is 5.75 Å². The van der Waals surface area contributed by atoms with E-state index in [-0.39, 0.29) is 12.5 Å². The minimum atomic E-state index is -0.0593. The molecular weight excluding hydrogens is 380 g/mol. The first kappa shape index (κ1) is 19.1. The highest BCUT2D eigenvalue weighted by molar-refractivity contribution is 8.18. The SMILES string of the molecule is C#CCOc1ccc(/C=C2\SC(=Nc3cccc(Cl)c3)N(CC)C2=O)cc1. The number of amidine groups is 1. The predicted molar refractivity (Wildman–Crippen MR) is 112 cm³/mol. The van der Waals surface area contributed by atoms with Crippen molar-refractivity contribution in [3.8, 4) is 18.1 Å². The molecular formula is C21H17ClN2O2S. The number of amides is 1. The fourth-order valence-electron chi connectivity index (χ4n) is 2.46. The Morgan fingerprint density at radius 3 is 2.74 bits per heavy atom. The Bertz CT molecular complexity index is 945. The molecule has 0 atom stereocenters. The second-order valence-corrected chi connectivity index (χ2v) is 7.04. The number of nitrogens with zero attached hydrogens (tertiary/aromatic N) is 2. The van der Waals surface area contributed by atoms with Gasteiger partial charge in [-0.15, -0.1) is 6.42 Å². The molecule has 0 spiro atoms. The van der Waals surface area contributed by atoms with E-state index in [1.165, 1.54) is 11.8 Å². The number of carbonyl (C=O) groups is 1. The fourth-order valence-corrected chi connectivity index (χ4v) is 3.71. The van der Waals surface area contributed by atoms with Crippen molar-refractivity contribution in [3.05, 3.63) is 64.0 Å². The van der Waals surface area contributed by atoms with Crippen LogP contribution < -0.4 is 4.74 Å². The smallest absolute Gasteiger partial charge is 0.266 e. The zero-order chi connectivity index (χ0) is 19.2. The molecule has 4 nitrogen and oxygen atoms in total. The maximum atomic E-state index is 12.7. The number of thioether (sulfide) groups is 1. The molecule has 1 aliphatic rings. The molecule has 1 saturated heterocycles. The van der Waals surface area contributed by atoms with Crippen LogP contribution in [0.4, 0.5) is 5.69 Å². The molecule has 0 unspecified atom stereocenters. The van der Waals surface area contributed by atoms with Crippen LogP contribution in [0, 0.1) is 12.3 Å². The monoisotopic (exact) mass is 396 g/mol. The molecule has 0 aliphatic carbocycles. The molecule has 0 aromatic heterocycles. The summed E-state index contributed by atoms with van der Waals surface area (Å²) in [5.74, 6) is 3.06. The summed E-state index contributed by atoms with van der Waals surface area (Å²) < 4.78 is 5.36. The molecule has 1 heterocycles. The molecule has 27 heavy (non-hydrogen) atoms. The first-order valence-corrected chi connectivity index (χ1v) is 9.52. The molecule has 6 heteroatoms. The Labute approximate surface area is 167 Å². The second-order valence-electron chi connectivity index (χ2n) is 5.60. The lowest BCUT2D eigenvalue weighted by Gasteiger charge is -2.12. The maximum Gasteiger partial charge on any atom is 0.266 e. The van der Waals surface area contributed by atoms with Crippen molar-refractivity contribution in [1.82, 2.24) is 4.90 Å². The summed E-state index contributed by atoms with van der Waals surface area (Å²) in [6, 6.07) is 14.7. The molecule has 2 aromatic carbocycles. The van der Waals surface area contributed by atoms with Crippen molar-refractivity contribution in [2.75, 3.05) is 13.2 Å². The van der Waals surface area contributed by atoms with Crippen molar-refractivity contribution in [2.24, 2.45) is 4.99 Å². The Balaban J connectivity index is 1.83. The molecule has 3 rings (SSSR count). The molecule has 0 radical (unpaired) electrons. The van der Waals surface area contributed by atoms with Gasteiger partial charge in [-0.3, -0.25) is 9.69 Å². The van der Waals surface area contributed by atoms with Crippen LogP contribution in [-0.4, -0.2) is 29.1 Å². The van der Waals surface area contributed by atoms with E-state index >= 15 is 0 Å². The average Bonchev–Trinajstić information content (AvgIpc) is 2.95. The minimum Gasteiger partial charge on any atom is -0.481 e. The van der Waals surface area contributed by atoms with Crippen LogP contribution in [0.25, 0.3) is 6.08 Å². The topological polar surface area (TPSA) is 41.9 Å². The van der Waals surface area contributed by atoms with Gasteiger partial charge in [0.1, 0.15) is 12.4 Å². The number of ether oxygens (including phenoxy) is 1. The van der Waals surface area contributed by atoms with E-state index < -0.39 is 0 Å². The number of carbonyl (C=O) groups excluding carboxylic acids is 1. The van der Waals surface area contributed by atoms with Gasteiger partial charge in [0.25, 0.3) is 5.91 Å². The molecule has 0 bridgehead atoms. The number of rotatable bonds is 5. The summed E-state index contributed by atoms with van der Waals surface area (Å²) >= 11 is 7.37. The lowest BCUT2D eigenvalue weighted by molar-refractivity contribution is -0.122. The first-order chi connectivity index (χ1) is 13.1. The summed E-state index contributed by atoms with van der Waals surface area (Å²) in [6.07, 6.45) is 7.03. The highest BCUT2D eigenvalue weighted by atomic mass is 35.5. The Hall–Kier alpha value is -2.68. The van der Waals surface area contributed by atoms with Gasteiger partial charge in [-0.05, 0) is 60.7 Å². The van der Waals surface area contributed by atoms with E-state index in [1.54, 1.807) is 17.0 Å². The van der Waals surface area contributed by atoms with Gasteiger partial charge in [0, 0.05) is 11.6 Å². The van der Waals surface area contributed by atoms with Gasteiger partial charge in [0.2, 0.25) is 0 Å². The molecule has 0 N–H and O–H groups in total. The Kier molecular flexibility index (Phi) is 6.23. The van der Waals surface area contributed by atoms with E-state index in [9.17, 15) is 4.79 Å². The number of halogens is 1. The summed E-state index contributed by atoms with van der Waals surface area (Å²) in [5.41, 5.74) is 1.62. The number of aliphatic imine (C=N–C) groups is 1. The third-order valence-electron chi connectivity index (χ3n) is 3.74. The molecule has 2 aromatic rings. The molecule has 1 fully saturated rings. The van der Waals surface area contributed by atoms with E-state index in [4.69, 9.17) is 22.8 Å². The number of terminal acetylenes is 1. The summed E-state index contributed by atoms with van der Waals surface area (Å²) in [6.45, 7) is 2.69. The first-order valence-electron chi connectivity index (χ1n) is 8.32. The van der Waals surface area contributed by atoms with Gasteiger partial charge >= 0.3 is 0 Å². The van der Waals surface area contributed by atoms with Crippen molar-refractivity contribution in [3.63, 3.8) is 0 Å². The van der Waals surface area contributed by atoms with E-state index in [0.29, 0.717) is 33.1 Å². The van der Waals surface area contributed by atoms with E-state index in [2.05, 4.69) is 10.9 Å². The van der Waals surface area contributed by atoms with Crippen LogP contribution >= 0.6 is 23.4 Å². The molecule has 0 saturated carbocycles. The zero-order valence-electron chi connectivity index (χ0n) is 14.7. The molecule has 1 aliphatic heterocycles. The molecule has 1 amide bonds. The highest BCUT2D eigenvalue weighted by Gasteiger charge is 2.32. The summed E-state index contributed by atoms with van der Waals surface area (Å²) in [7, 11) is 0. The molecule has 136 valence electrons. The van der Waals surface area contributed by atoms with Crippen LogP contribution in [0.3, 0.4) is 0 Å². The number of hydrogen-bond acceptors (Lipinski definition) is 4.